The van der Waals surface area contributed by atoms with Crippen LogP contribution in [0.3, 0.4) is 0 Å². The number of halogens is 1. The van der Waals surface area contributed by atoms with Crippen molar-refractivity contribution >= 4 is 17.4 Å². The van der Waals surface area contributed by atoms with Crippen molar-refractivity contribution in [1.82, 2.24) is 4.90 Å². The Kier molecular flexibility index (Phi) is 7.31. The lowest BCUT2D eigenvalue weighted by Crippen LogP contribution is -2.56. The molecule has 1 atom stereocenters. The van der Waals surface area contributed by atoms with Crippen LogP contribution >= 0.6 is 11.6 Å². The maximum Gasteiger partial charge on any atom is 0.150 e. The van der Waals surface area contributed by atoms with E-state index >= 15 is 0 Å². The fourth-order valence-electron chi connectivity index (χ4n) is 4.19. The summed E-state index contributed by atoms with van der Waals surface area (Å²) < 4.78 is 0. The number of unbranched alkanes of at least 4 members (excludes halogenated alkanes) is 4. The smallest absolute Gasteiger partial charge is 0.150 e. The molecule has 1 aliphatic carbocycles. The van der Waals surface area contributed by atoms with E-state index in [2.05, 4.69) is 38.1 Å². The highest BCUT2D eigenvalue weighted by atomic mass is 35.5. The number of hydrogen-bond acceptors (Lipinski definition) is 2. The van der Waals surface area contributed by atoms with E-state index in [0.717, 1.165) is 24.3 Å². The Morgan fingerprint density at radius 3 is 2.25 bits per heavy atom. The minimum absolute atomic E-state index is 0.0152. The third-order valence-electron chi connectivity index (χ3n) is 5.54. The van der Waals surface area contributed by atoms with Crippen LogP contribution in [0.1, 0.15) is 70.3 Å². The van der Waals surface area contributed by atoms with E-state index in [1.54, 1.807) is 0 Å². The SMILES string of the molecule is CCCCCCCC(=O)C(N(C)C)C1(c2ccc(Cl)cc2)CCC1. The molecule has 0 bridgehead atoms. The first-order chi connectivity index (χ1) is 11.5. The van der Waals surface area contributed by atoms with Gasteiger partial charge in [0.05, 0.1) is 6.04 Å². The molecule has 1 unspecified atom stereocenters. The fraction of sp³-hybridized carbons (Fsp3) is 0.667. The summed E-state index contributed by atoms with van der Waals surface area (Å²) in [6.07, 6.45) is 10.1. The molecule has 0 saturated heterocycles. The van der Waals surface area contributed by atoms with E-state index < -0.39 is 0 Å². The van der Waals surface area contributed by atoms with Gasteiger partial charge < -0.3 is 0 Å². The van der Waals surface area contributed by atoms with Gasteiger partial charge in [-0.3, -0.25) is 9.69 Å². The predicted octanol–water partition coefficient (Wildman–Crippen LogP) is 5.62. The van der Waals surface area contributed by atoms with Crippen LogP contribution in [-0.2, 0) is 10.2 Å². The Morgan fingerprint density at radius 2 is 1.75 bits per heavy atom. The molecule has 1 fully saturated rings. The average molecular weight is 350 g/mol. The number of hydrogen-bond donors (Lipinski definition) is 0. The summed E-state index contributed by atoms with van der Waals surface area (Å²) in [5.74, 6) is 0.408. The molecule has 0 aromatic heterocycles. The maximum absolute atomic E-state index is 13.0. The number of likely N-dealkylation sites (N-methyl/N-ethyl adjacent to an activating group) is 1. The zero-order valence-electron chi connectivity index (χ0n) is 15.5. The molecule has 0 spiro atoms. The Morgan fingerprint density at radius 1 is 1.12 bits per heavy atom. The first-order valence-corrected chi connectivity index (χ1v) is 9.84. The molecular formula is C21H32ClNO. The number of benzene rings is 1. The molecule has 1 aliphatic rings. The molecule has 2 rings (SSSR count). The van der Waals surface area contributed by atoms with Crippen LogP contribution in [0.2, 0.25) is 5.02 Å². The van der Waals surface area contributed by atoms with E-state index in [9.17, 15) is 4.79 Å². The molecule has 0 heterocycles. The Balaban J connectivity index is 2.09. The molecular weight excluding hydrogens is 318 g/mol. The van der Waals surface area contributed by atoms with Crippen LogP contribution in [0.15, 0.2) is 24.3 Å². The third-order valence-corrected chi connectivity index (χ3v) is 5.79. The lowest BCUT2D eigenvalue weighted by molar-refractivity contribution is -0.127. The Hall–Kier alpha value is -0.860. The third kappa shape index (κ3) is 4.40. The van der Waals surface area contributed by atoms with Gasteiger partial charge in [-0.2, -0.15) is 0 Å². The summed E-state index contributed by atoms with van der Waals surface area (Å²) >= 11 is 6.06. The average Bonchev–Trinajstić information content (AvgIpc) is 2.51. The van der Waals surface area contributed by atoms with Crippen LogP contribution in [0, 0.1) is 0 Å². The van der Waals surface area contributed by atoms with Crippen molar-refractivity contribution in [3.05, 3.63) is 34.9 Å². The molecule has 0 amide bonds. The van der Waals surface area contributed by atoms with E-state index in [1.807, 2.05) is 12.1 Å². The van der Waals surface area contributed by atoms with Gasteiger partial charge in [-0.05, 0) is 51.1 Å². The van der Waals surface area contributed by atoms with Crippen LogP contribution < -0.4 is 0 Å². The molecule has 0 N–H and O–H groups in total. The van der Waals surface area contributed by atoms with Gasteiger partial charge in [-0.1, -0.05) is 62.8 Å². The van der Waals surface area contributed by atoms with E-state index in [4.69, 9.17) is 11.6 Å². The van der Waals surface area contributed by atoms with Gasteiger partial charge in [0.25, 0.3) is 0 Å². The van der Waals surface area contributed by atoms with Crippen LogP contribution in [0.4, 0.5) is 0 Å². The largest absolute Gasteiger partial charge is 0.299 e. The molecule has 24 heavy (non-hydrogen) atoms. The van der Waals surface area contributed by atoms with E-state index in [-0.39, 0.29) is 11.5 Å². The van der Waals surface area contributed by atoms with Gasteiger partial charge >= 0.3 is 0 Å². The number of carbonyl (C=O) groups excluding carboxylic acids is 1. The topological polar surface area (TPSA) is 20.3 Å². The molecule has 1 saturated carbocycles. The molecule has 1 aromatic carbocycles. The number of ketones is 1. The van der Waals surface area contributed by atoms with E-state index in [1.165, 1.54) is 37.7 Å². The minimum atomic E-state index is -0.0193. The first kappa shape index (κ1) is 19.5. The molecule has 2 nitrogen and oxygen atoms in total. The van der Waals surface area contributed by atoms with Gasteiger partial charge in [0.1, 0.15) is 0 Å². The first-order valence-electron chi connectivity index (χ1n) is 9.46. The number of rotatable bonds is 10. The lowest BCUT2D eigenvalue weighted by atomic mass is 9.58. The summed E-state index contributed by atoms with van der Waals surface area (Å²) in [7, 11) is 4.10. The van der Waals surface area contributed by atoms with Crippen LogP contribution in [0.25, 0.3) is 0 Å². The molecule has 134 valence electrons. The minimum Gasteiger partial charge on any atom is -0.299 e. The van der Waals surface area contributed by atoms with Crippen molar-refractivity contribution in [1.29, 1.82) is 0 Å². The number of Topliss-reactive ketones (excluding diaryl/α,β-unsaturated/α-hetero) is 1. The zero-order chi connectivity index (χ0) is 17.6. The predicted molar refractivity (Wildman–Crippen MR) is 103 cm³/mol. The molecule has 3 heteroatoms. The highest BCUT2D eigenvalue weighted by Crippen LogP contribution is 2.48. The highest BCUT2D eigenvalue weighted by molar-refractivity contribution is 6.30. The second-order valence-corrected chi connectivity index (χ2v) is 7.95. The normalized spacial score (nSPS) is 17.5. The van der Waals surface area contributed by atoms with Gasteiger partial charge in [-0.15, -0.1) is 0 Å². The van der Waals surface area contributed by atoms with Crippen molar-refractivity contribution in [2.75, 3.05) is 14.1 Å². The second-order valence-electron chi connectivity index (χ2n) is 7.51. The molecule has 0 aliphatic heterocycles. The van der Waals surface area contributed by atoms with Gasteiger partial charge in [0.15, 0.2) is 5.78 Å². The summed E-state index contributed by atoms with van der Waals surface area (Å²) in [6, 6.07) is 8.13. The molecule has 0 radical (unpaired) electrons. The maximum atomic E-state index is 13.0. The Bertz CT molecular complexity index is 519. The highest BCUT2D eigenvalue weighted by Gasteiger charge is 2.49. The van der Waals surface area contributed by atoms with Crippen molar-refractivity contribution in [2.24, 2.45) is 0 Å². The number of carbonyl (C=O) groups is 1. The van der Waals surface area contributed by atoms with Crippen molar-refractivity contribution in [3.8, 4) is 0 Å². The van der Waals surface area contributed by atoms with Crippen molar-refractivity contribution in [2.45, 2.75) is 76.2 Å². The van der Waals surface area contributed by atoms with Crippen molar-refractivity contribution < 1.29 is 4.79 Å². The zero-order valence-corrected chi connectivity index (χ0v) is 16.2. The summed E-state index contributed by atoms with van der Waals surface area (Å²) in [6.45, 7) is 2.22. The summed E-state index contributed by atoms with van der Waals surface area (Å²) in [5, 5.41) is 0.761. The van der Waals surface area contributed by atoms with Crippen LogP contribution in [0.5, 0.6) is 0 Å². The van der Waals surface area contributed by atoms with Gasteiger partial charge in [0, 0.05) is 16.9 Å². The monoisotopic (exact) mass is 349 g/mol. The van der Waals surface area contributed by atoms with Crippen molar-refractivity contribution in [3.63, 3.8) is 0 Å². The fourth-order valence-corrected chi connectivity index (χ4v) is 4.32. The summed E-state index contributed by atoms with van der Waals surface area (Å²) in [4.78, 5) is 15.2. The van der Waals surface area contributed by atoms with Gasteiger partial charge in [-0.25, -0.2) is 0 Å². The quantitative estimate of drug-likeness (QED) is 0.511. The number of nitrogens with zero attached hydrogens (tertiary/aromatic N) is 1. The standard InChI is InChI=1S/C21H32ClNO/c1-4-5-6-7-8-10-19(24)20(23(2)3)21(15-9-16-21)17-11-13-18(22)14-12-17/h11-14,20H,4-10,15-16H2,1-3H3. The van der Waals surface area contributed by atoms with Gasteiger partial charge in [0.2, 0.25) is 0 Å². The van der Waals surface area contributed by atoms with E-state index in [0.29, 0.717) is 12.2 Å². The Labute approximate surface area is 152 Å². The summed E-state index contributed by atoms with van der Waals surface area (Å²) in [5.41, 5.74) is 1.25. The lowest BCUT2D eigenvalue weighted by Gasteiger charge is -2.50. The molecule has 1 aromatic rings. The second kappa shape index (κ2) is 9.01. The van der Waals surface area contributed by atoms with Crippen LogP contribution in [-0.4, -0.2) is 30.8 Å².